The van der Waals surface area contributed by atoms with Gasteiger partial charge in [0.05, 0.1) is 13.1 Å². The highest BCUT2D eigenvalue weighted by Crippen LogP contribution is 2.23. The number of rotatable bonds is 5. The van der Waals surface area contributed by atoms with E-state index >= 15 is 0 Å². The van der Waals surface area contributed by atoms with Gasteiger partial charge in [0, 0.05) is 12.0 Å². The van der Waals surface area contributed by atoms with E-state index in [4.69, 9.17) is 6.42 Å². The van der Waals surface area contributed by atoms with E-state index in [0.717, 1.165) is 12.1 Å². The van der Waals surface area contributed by atoms with Crippen LogP contribution in [0.1, 0.15) is 26.3 Å². The molecule has 1 rings (SSSR count). The third kappa shape index (κ3) is 4.93. The van der Waals surface area contributed by atoms with Crippen LogP contribution < -0.4 is 10.6 Å². The van der Waals surface area contributed by atoms with Crippen LogP contribution >= 0.6 is 0 Å². The van der Waals surface area contributed by atoms with Crippen molar-refractivity contribution in [1.29, 1.82) is 0 Å². The molecule has 4 heteroatoms. The molecule has 0 aliphatic carbocycles. The van der Waals surface area contributed by atoms with E-state index in [1.165, 1.54) is 12.1 Å². The van der Waals surface area contributed by atoms with E-state index in [0.29, 0.717) is 19.0 Å². The number of halogens is 1. The quantitative estimate of drug-likeness (QED) is 0.491. The zero-order valence-electron chi connectivity index (χ0n) is 12.3. The van der Waals surface area contributed by atoms with E-state index < -0.39 is 0 Å². The van der Waals surface area contributed by atoms with Gasteiger partial charge in [0.2, 0.25) is 0 Å². The normalized spacial score (nSPS) is 11.8. The Morgan fingerprint density at radius 1 is 1.30 bits per heavy atom. The van der Waals surface area contributed by atoms with Gasteiger partial charge in [-0.2, -0.15) is 0 Å². The Kier molecular flexibility index (Phi) is 6.05. The zero-order valence-corrected chi connectivity index (χ0v) is 12.3. The standard InChI is InChI=1S/C16H22FN3/c1-5-11-19-15(18-6-2)20-12-16(3,4)13-7-9-14(17)10-8-13/h1,7-10H,6,11-12H2,2-4H3,(H2,18,19,20). The van der Waals surface area contributed by atoms with Gasteiger partial charge in [0.1, 0.15) is 5.82 Å². The maximum atomic E-state index is 13.0. The number of aliphatic imine (C=N–C) groups is 1. The average Bonchev–Trinajstić information content (AvgIpc) is 2.42. The molecule has 0 fully saturated rings. The molecule has 1 aromatic carbocycles. The largest absolute Gasteiger partial charge is 0.357 e. The van der Waals surface area contributed by atoms with Crippen LogP contribution in [-0.2, 0) is 5.41 Å². The molecular formula is C16H22FN3. The Morgan fingerprint density at radius 3 is 2.50 bits per heavy atom. The molecule has 0 saturated heterocycles. The van der Waals surface area contributed by atoms with Crippen LogP contribution in [0.5, 0.6) is 0 Å². The van der Waals surface area contributed by atoms with Crippen LogP contribution in [0, 0.1) is 18.2 Å². The summed E-state index contributed by atoms with van der Waals surface area (Å²) in [6.45, 7) is 7.94. The molecule has 0 aliphatic rings. The molecule has 0 atom stereocenters. The first-order valence-electron chi connectivity index (χ1n) is 6.71. The first-order valence-corrected chi connectivity index (χ1v) is 6.71. The summed E-state index contributed by atoms with van der Waals surface area (Å²) in [4.78, 5) is 4.53. The van der Waals surface area contributed by atoms with Crippen LogP contribution in [0.15, 0.2) is 29.3 Å². The number of hydrogen-bond acceptors (Lipinski definition) is 1. The predicted octanol–water partition coefficient (Wildman–Crippen LogP) is 2.29. The second kappa shape index (κ2) is 7.54. The summed E-state index contributed by atoms with van der Waals surface area (Å²) in [5.41, 5.74) is 0.877. The fourth-order valence-corrected chi connectivity index (χ4v) is 1.75. The molecule has 3 nitrogen and oxygen atoms in total. The van der Waals surface area contributed by atoms with E-state index in [9.17, 15) is 4.39 Å². The minimum Gasteiger partial charge on any atom is -0.357 e. The second-order valence-corrected chi connectivity index (χ2v) is 5.14. The summed E-state index contributed by atoms with van der Waals surface area (Å²) in [6, 6.07) is 6.55. The minimum atomic E-state index is -0.225. The fraction of sp³-hybridized carbons (Fsp3) is 0.438. The molecule has 0 bridgehead atoms. The summed E-state index contributed by atoms with van der Waals surface area (Å²) in [5.74, 6) is 2.99. The summed E-state index contributed by atoms with van der Waals surface area (Å²) >= 11 is 0. The Labute approximate surface area is 120 Å². The molecule has 108 valence electrons. The lowest BCUT2D eigenvalue weighted by atomic mass is 9.85. The van der Waals surface area contributed by atoms with E-state index in [2.05, 4.69) is 35.4 Å². The van der Waals surface area contributed by atoms with Crippen molar-refractivity contribution < 1.29 is 4.39 Å². The van der Waals surface area contributed by atoms with Crippen LogP contribution in [0.3, 0.4) is 0 Å². The third-order valence-corrected chi connectivity index (χ3v) is 2.96. The van der Waals surface area contributed by atoms with Crippen molar-refractivity contribution >= 4 is 5.96 Å². The van der Waals surface area contributed by atoms with Gasteiger partial charge >= 0.3 is 0 Å². The van der Waals surface area contributed by atoms with E-state index in [1.807, 2.05) is 6.92 Å². The molecule has 0 saturated carbocycles. The summed E-state index contributed by atoms with van der Waals surface area (Å²) in [7, 11) is 0. The van der Waals surface area contributed by atoms with Gasteiger partial charge in [0.25, 0.3) is 0 Å². The lowest BCUT2D eigenvalue weighted by Gasteiger charge is -2.23. The predicted molar refractivity (Wildman–Crippen MR) is 82.2 cm³/mol. The van der Waals surface area contributed by atoms with Crippen molar-refractivity contribution in [3.63, 3.8) is 0 Å². The zero-order chi connectivity index (χ0) is 15.0. The molecule has 1 aromatic rings. The van der Waals surface area contributed by atoms with E-state index in [1.54, 1.807) is 12.1 Å². The van der Waals surface area contributed by atoms with Gasteiger partial charge in [0.15, 0.2) is 5.96 Å². The molecule has 0 amide bonds. The van der Waals surface area contributed by atoms with Crippen molar-refractivity contribution in [2.75, 3.05) is 19.6 Å². The van der Waals surface area contributed by atoms with Crippen molar-refractivity contribution in [2.24, 2.45) is 4.99 Å². The molecule has 0 heterocycles. The average molecular weight is 275 g/mol. The number of terminal acetylenes is 1. The van der Waals surface area contributed by atoms with Gasteiger partial charge in [-0.1, -0.05) is 31.9 Å². The fourth-order valence-electron chi connectivity index (χ4n) is 1.75. The van der Waals surface area contributed by atoms with Crippen molar-refractivity contribution in [3.8, 4) is 12.3 Å². The smallest absolute Gasteiger partial charge is 0.192 e. The Morgan fingerprint density at radius 2 is 1.95 bits per heavy atom. The lowest BCUT2D eigenvalue weighted by molar-refractivity contribution is 0.535. The molecule has 0 spiro atoms. The second-order valence-electron chi connectivity index (χ2n) is 5.14. The summed E-state index contributed by atoms with van der Waals surface area (Å²) in [5, 5.41) is 6.18. The molecule has 2 N–H and O–H groups in total. The monoisotopic (exact) mass is 275 g/mol. The maximum absolute atomic E-state index is 13.0. The van der Waals surface area contributed by atoms with Crippen molar-refractivity contribution in [1.82, 2.24) is 10.6 Å². The van der Waals surface area contributed by atoms with Gasteiger partial charge in [-0.05, 0) is 24.6 Å². The van der Waals surface area contributed by atoms with Crippen molar-refractivity contribution in [2.45, 2.75) is 26.2 Å². The Bertz CT molecular complexity index is 483. The highest BCUT2D eigenvalue weighted by molar-refractivity contribution is 5.80. The lowest BCUT2D eigenvalue weighted by Crippen LogP contribution is -2.38. The van der Waals surface area contributed by atoms with Crippen LogP contribution in [-0.4, -0.2) is 25.6 Å². The number of guanidine groups is 1. The van der Waals surface area contributed by atoms with E-state index in [-0.39, 0.29) is 11.2 Å². The summed E-state index contributed by atoms with van der Waals surface area (Å²) < 4.78 is 13.0. The van der Waals surface area contributed by atoms with Gasteiger partial charge in [-0.15, -0.1) is 6.42 Å². The summed E-state index contributed by atoms with van der Waals surface area (Å²) in [6.07, 6.45) is 5.23. The van der Waals surface area contributed by atoms with Crippen LogP contribution in [0.2, 0.25) is 0 Å². The van der Waals surface area contributed by atoms with Crippen molar-refractivity contribution in [3.05, 3.63) is 35.6 Å². The number of benzene rings is 1. The third-order valence-electron chi connectivity index (χ3n) is 2.96. The minimum absolute atomic E-state index is 0.174. The van der Waals surface area contributed by atoms with Gasteiger partial charge in [-0.25, -0.2) is 4.39 Å². The molecule has 0 aliphatic heterocycles. The Balaban J connectivity index is 2.77. The molecule has 0 radical (unpaired) electrons. The molecule has 0 aromatic heterocycles. The molecule has 0 unspecified atom stereocenters. The van der Waals surface area contributed by atoms with Gasteiger partial charge < -0.3 is 10.6 Å². The first-order chi connectivity index (χ1) is 9.49. The van der Waals surface area contributed by atoms with Crippen LogP contribution in [0.25, 0.3) is 0 Å². The topological polar surface area (TPSA) is 36.4 Å². The number of hydrogen-bond donors (Lipinski definition) is 2. The number of nitrogens with one attached hydrogen (secondary N) is 2. The maximum Gasteiger partial charge on any atom is 0.192 e. The Hall–Kier alpha value is -2.02. The first kappa shape index (κ1) is 16.0. The highest BCUT2D eigenvalue weighted by atomic mass is 19.1. The number of nitrogens with zero attached hydrogens (tertiary/aromatic N) is 1. The highest BCUT2D eigenvalue weighted by Gasteiger charge is 2.20. The molecular weight excluding hydrogens is 253 g/mol. The molecule has 20 heavy (non-hydrogen) atoms. The van der Waals surface area contributed by atoms with Gasteiger partial charge in [-0.3, -0.25) is 4.99 Å². The SMILES string of the molecule is C#CCNC(=NCC(C)(C)c1ccc(F)cc1)NCC. The van der Waals surface area contributed by atoms with Crippen LogP contribution in [0.4, 0.5) is 4.39 Å².